The van der Waals surface area contributed by atoms with Crippen molar-refractivity contribution in [3.05, 3.63) is 30.1 Å². The molecule has 1 aliphatic heterocycles. The van der Waals surface area contributed by atoms with Crippen molar-refractivity contribution in [2.75, 3.05) is 13.1 Å². The maximum atomic E-state index is 12.9. The molecule has 7 heteroatoms. The summed E-state index contributed by atoms with van der Waals surface area (Å²) in [4.78, 5) is 11.9. The lowest BCUT2D eigenvalue weighted by atomic mass is 10.2. The second kappa shape index (κ2) is 7.19. The third-order valence-corrected chi connectivity index (χ3v) is 6.01. The van der Waals surface area contributed by atoms with E-state index in [0.29, 0.717) is 6.54 Å². The zero-order valence-electron chi connectivity index (χ0n) is 12.5. The first kappa shape index (κ1) is 16.9. The summed E-state index contributed by atoms with van der Waals surface area (Å²) >= 11 is 0. The number of nitrogens with one attached hydrogen (secondary N) is 2. The lowest BCUT2D eigenvalue weighted by Crippen LogP contribution is -2.38. The largest absolute Gasteiger partial charge is 0.355 e. The van der Waals surface area contributed by atoms with Gasteiger partial charge in [-0.2, -0.15) is 0 Å². The smallest absolute Gasteiger partial charge is 0.221 e. The highest BCUT2D eigenvalue weighted by atomic mass is 32.2. The molecule has 0 aromatic heterocycles. The second-order valence-corrected chi connectivity index (χ2v) is 7.98. The molecule has 1 amide bonds. The summed E-state index contributed by atoms with van der Waals surface area (Å²) in [6, 6.07) is 4.92. The number of amides is 1. The molecule has 2 N–H and O–H groups in total. The van der Waals surface area contributed by atoms with Crippen LogP contribution in [0, 0.1) is 5.82 Å². The van der Waals surface area contributed by atoms with Crippen molar-refractivity contribution in [1.29, 1.82) is 0 Å². The minimum absolute atomic E-state index is 0.0339. The number of hydrogen-bond donors (Lipinski definition) is 2. The Kier molecular flexibility index (Phi) is 5.52. The molecule has 122 valence electrons. The van der Waals surface area contributed by atoms with Crippen LogP contribution in [0.1, 0.15) is 26.2 Å². The molecule has 0 spiro atoms. The highest BCUT2D eigenvalue weighted by Gasteiger charge is 2.26. The van der Waals surface area contributed by atoms with E-state index < -0.39 is 20.9 Å². The fraction of sp³-hybridized carbons (Fsp3) is 0.533. The molecule has 1 fully saturated rings. The number of hydrogen-bond acceptors (Lipinski definition) is 4. The van der Waals surface area contributed by atoms with Crippen LogP contribution in [0.3, 0.4) is 0 Å². The minimum atomic E-state index is -3.63. The van der Waals surface area contributed by atoms with Crippen LogP contribution >= 0.6 is 0 Å². The van der Waals surface area contributed by atoms with Crippen LogP contribution in [0.15, 0.2) is 29.2 Å². The predicted octanol–water partition coefficient (Wildman–Crippen LogP) is 1.25. The van der Waals surface area contributed by atoms with Gasteiger partial charge in [-0.05, 0) is 50.6 Å². The van der Waals surface area contributed by atoms with Crippen molar-refractivity contribution in [3.8, 4) is 0 Å². The number of halogens is 1. The van der Waals surface area contributed by atoms with Crippen LogP contribution in [0.5, 0.6) is 0 Å². The van der Waals surface area contributed by atoms with E-state index in [1.54, 1.807) is 0 Å². The van der Waals surface area contributed by atoms with Crippen LogP contribution in [-0.4, -0.2) is 38.7 Å². The average Bonchev–Trinajstić information content (AvgIpc) is 2.99. The van der Waals surface area contributed by atoms with Gasteiger partial charge in [0.2, 0.25) is 5.91 Å². The first-order valence-electron chi connectivity index (χ1n) is 7.39. The molecule has 0 aliphatic carbocycles. The Labute approximate surface area is 130 Å². The summed E-state index contributed by atoms with van der Waals surface area (Å²) in [5, 5.41) is 5.17. The van der Waals surface area contributed by atoms with Gasteiger partial charge in [-0.15, -0.1) is 0 Å². The maximum Gasteiger partial charge on any atom is 0.221 e. The minimum Gasteiger partial charge on any atom is -0.355 e. The lowest BCUT2D eigenvalue weighted by Gasteiger charge is -2.15. The summed E-state index contributed by atoms with van der Waals surface area (Å²) < 4.78 is 37.5. The van der Waals surface area contributed by atoms with Gasteiger partial charge in [0.25, 0.3) is 0 Å². The summed E-state index contributed by atoms with van der Waals surface area (Å²) in [6.07, 6.45) is 2.01. The van der Waals surface area contributed by atoms with E-state index in [4.69, 9.17) is 0 Å². The Bertz CT molecular complexity index is 610. The van der Waals surface area contributed by atoms with Crippen molar-refractivity contribution >= 4 is 15.7 Å². The summed E-state index contributed by atoms with van der Waals surface area (Å²) in [6.45, 7) is 2.96. The molecular weight excluding hydrogens is 307 g/mol. The van der Waals surface area contributed by atoms with Gasteiger partial charge in [0.05, 0.1) is 10.1 Å². The molecule has 1 heterocycles. The predicted molar refractivity (Wildman–Crippen MR) is 81.7 cm³/mol. The van der Waals surface area contributed by atoms with Crippen LogP contribution in [0.4, 0.5) is 4.39 Å². The third-order valence-electron chi connectivity index (χ3n) is 3.85. The Morgan fingerprint density at radius 3 is 2.68 bits per heavy atom. The molecule has 1 saturated heterocycles. The highest BCUT2D eigenvalue weighted by Crippen LogP contribution is 2.18. The Balaban J connectivity index is 1.90. The van der Waals surface area contributed by atoms with Crippen molar-refractivity contribution in [3.63, 3.8) is 0 Å². The van der Waals surface area contributed by atoms with E-state index in [0.717, 1.165) is 31.5 Å². The normalized spacial score (nSPS) is 19.8. The zero-order chi connectivity index (χ0) is 16.2. The van der Waals surface area contributed by atoms with E-state index >= 15 is 0 Å². The molecule has 22 heavy (non-hydrogen) atoms. The van der Waals surface area contributed by atoms with Gasteiger partial charge < -0.3 is 10.6 Å². The van der Waals surface area contributed by atoms with E-state index in [1.807, 2.05) is 0 Å². The molecule has 2 rings (SSSR count). The number of rotatable bonds is 6. The van der Waals surface area contributed by atoms with Crippen molar-refractivity contribution in [1.82, 2.24) is 10.6 Å². The Morgan fingerprint density at radius 1 is 1.41 bits per heavy atom. The molecule has 2 unspecified atom stereocenters. The summed E-state index contributed by atoms with van der Waals surface area (Å²) in [5.41, 5.74) is 0. The van der Waals surface area contributed by atoms with E-state index in [9.17, 15) is 17.6 Å². The van der Waals surface area contributed by atoms with E-state index in [2.05, 4.69) is 10.6 Å². The lowest BCUT2D eigenvalue weighted by molar-refractivity contribution is -0.121. The van der Waals surface area contributed by atoms with Gasteiger partial charge in [0.15, 0.2) is 9.84 Å². The number of benzene rings is 1. The van der Waals surface area contributed by atoms with Crippen molar-refractivity contribution in [2.24, 2.45) is 0 Å². The fourth-order valence-electron chi connectivity index (χ4n) is 2.47. The number of carbonyl (C=O) groups excluding carboxylic acids is 1. The zero-order valence-corrected chi connectivity index (χ0v) is 13.3. The van der Waals surface area contributed by atoms with Crippen LogP contribution < -0.4 is 10.6 Å². The fourth-order valence-corrected chi connectivity index (χ4v) is 3.82. The van der Waals surface area contributed by atoms with Crippen LogP contribution in [-0.2, 0) is 14.6 Å². The monoisotopic (exact) mass is 328 g/mol. The van der Waals surface area contributed by atoms with Gasteiger partial charge in [0, 0.05) is 19.0 Å². The molecule has 1 aromatic carbocycles. The highest BCUT2D eigenvalue weighted by molar-refractivity contribution is 7.92. The van der Waals surface area contributed by atoms with Gasteiger partial charge in [-0.1, -0.05) is 0 Å². The van der Waals surface area contributed by atoms with Gasteiger partial charge in [0.1, 0.15) is 5.82 Å². The molecule has 2 atom stereocenters. The summed E-state index contributed by atoms with van der Waals surface area (Å²) in [5.74, 6) is -0.778. The SMILES string of the molecule is CC(CC(=O)NCC1CCCN1)S(=O)(=O)c1ccc(F)cc1. The quantitative estimate of drug-likeness (QED) is 0.771. The molecular formula is C15H21FN2O3S. The molecule has 1 aliphatic rings. The summed E-state index contributed by atoms with van der Waals surface area (Å²) in [7, 11) is -3.63. The van der Waals surface area contributed by atoms with Crippen molar-refractivity contribution < 1.29 is 17.6 Å². The van der Waals surface area contributed by atoms with Crippen molar-refractivity contribution in [2.45, 2.75) is 42.4 Å². The van der Waals surface area contributed by atoms with Crippen LogP contribution in [0.25, 0.3) is 0 Å². The third kappa shape index (κ3) is 4.27. The van der Waals surface area contributed by atoms with E-state index in [1.165, 1.54) is 19.1 Å². The first-order chi connectivity index (χ1) is 10.4. The topological polar surface area (TPSA) is 75.3 Å². The maximum absolute atomic E-state index is 12.9. The molecule has 1 aromatic rings. The van der Waals surface area contributed by atoms with E-state index in [-0.39, 0.29) is 23.3 Å². The molecule has 0 saturated carbocycles. The van der Waals surface area contributed by atoms with Crippen LogP contribution in [0.2, 0.25) is 0 Å². The molecule has 5 nitrogen and oxygen atoms in total. The van der Waals surface area contributed by atoms with Gasteiger partial charge >= 0.3 is 0 Å². The number of carbonyl (C=O) groups is 1. The second-order valence-electron chi connectivity index (χ2n) is 5.61. The van der Waals surface area contributed by atoms with Gasteiger partial charge in [-0.3, -0.25) is 4.79 Å². The molecule has 0 radical (unpaired) electrons. The Hall–Kier alpha value is -1.47. The standard InChI is InChI=1S/C15H21FN2O3S/c1-11(9-15(19)18-10-13-3-2-8-17-13)22(20,21)14-6-4-12(16)5-7-14/h4-7,11,13,17H,2-3,8-10H2,1H3,(H,18,19). The number of sulfone groups is 1. The molecule has 0 bridgehead atoms. The van der Waals surface area contributed by atoms with Gasteiger partial charge in [-0.25, -0.2) is 12.8 Å². The first-order valence-corrected chi connectivity index (χ1v) is 8.94. The Morgan fingerprint density at radius 2 is 2.09 bits per heavy atom. The average molecular weight is 328 g/mol.